The standard InChI is InChI=1S/C33H39F5O4/c1-18(2)15-28(40)42-19(3)20-5-7-21(8-6-20)26-17-30(4)27(13-14-31(30,41)32(34,35)33(36,37)38)25-11-9-22-16-23(39)10-12-24(22)29(25)26/h5-8,16,18-19,25-27,41H,9-15,17H2,1-4H3/t19?,25?,26-,27?,30+,31+/m1/s1. The fourth-order valence-corrected chi connectivity index (χ4v) is 8.36. The Morgan fingerprint density at radius 1 is 1.05 bits per heavy atom. The first-order valence-corrected chi connectivity index (χ1v) is 14.9. The van der Waals surface area contributed by atoms with Gasteiger partial charge in [-0.3, -0.25) is 9.59 Å². The Balaban J connectivity index is 1.57. The van der Waals surface area contributed by atoms with E-state index in [0.717, 1.165) is 27.8 Å². The summed E-state index contributed by atoms with van der Waals surface area (Å²) < 4.78 is 77.1. The first-order chi connectivity index (χ1) is 19.5. The second-order valence-corrected chi connectivity index (χ2v) is 13.4. The molecule has 0 aliphatic heterocycles. The molecule has 0 heterocycles. The molecule has 2 fully saturated rings. The highest BCUT2D eigenvalue weighted by atomic mass is 19.4. The number of hydrogen-bond acceptors (Lipinski definition) is 4. The molecule has 0 spiro atoms. The van der Waals surface area contributed by atoms with E-state index < -0.39 is 47.5 Å². The van der Waals surface area contributed by atoms with Crippen molar-refractivity contribution >= 4 is 11.8 Å². The van der Waals surface area contributed by atoms with Crippen molar-refractivity contribution in [2.45, 2.75) is 109 Å². The normalized spacial score (nSPS) is 32.2. The fourth-order valence-electron chi connectivity index (χ4n) is 8.36. The molecule has 2 saturated carbocycles. The third kappa shape index (κ3) is 4.83. The van der Waals surface area contributed by atoms with Gasteiger partial charge < -0.3 is 9.84 Å². The van der Waals surface area contributed by atoms with Crippen molar-refractivity contribution in [3.05, 3.63) is 58.2 Å². The number of benzene rings is 1. The number of fused-ring (bicyclic) bond motifs is 4. The maximum absolute atomic E-state index is 15.2. The Morgan fingerprint density at radius 2 is 1.71 bits per heavy atom. The minimum Gasteiger partial charge on any atom is -0.458 e. The molecule has 1 aromatic carbocycles. The molecule has 230 valence electrons. The zero-order valence-corrected chi connectivity index (χ0v) is 24.5. The van der Waals surface area contributed by atoms with Crippen molar-refractivity contribution in [1.29, 1.82) is 0 Å². The molecule has 6 atom stereocenters. The van der Waals surface area contributed by atoms with Gasteiger partial charge in [0.25, 0.3) is 0 Å². The van der Waals surface area contributed by atoms with Crippen LogP contribution in [-0.2, 0) is 14.3 Å². The summed E-state index contributed by atoms with van der Waals surface area (Å²) in [5, 5.41) is 11.4. The van der Waals surface area contributed by atoms with Crippen LogP contribution in [0.15, 0.2) is 47.1 Å². The lowest BCUT2D eigenvalue weighted by Crippen LogP contribution is -2.65. The molecule has 9 heteroatoms. The molecule has 42 heavy (non-hydrogen) atoms. The van der Waals surface area contributed by atoms with Crippen LogP contribution in [0.25, 0.3) is 0 Å². The molecule has 3 unspecified atom stereocenters. The maximum Gasteiger partial charge on any atom is 0.456 e. The van der Waals surface area contributed by atoms with E-state index in [4.69, 9.17) is 4.74 Å². The number of aliphatic hydroxyl groups is 1. The highest BCUT2D eigenvalue weighted by Crippen LogP contribution is 2.70. The minimum atomic E-state index is -5.88. The molecule has 0 bridgehead atoms. The van der Waals surface area contributed by atoms with Crippen molar-refractivity contribution in [2.75, 3.05) is 0 Å². The summed E-state index contributed by atoms with van der Waals surface area (Å²) in [4.78, 5) is 24.4. The lowest BCUT2D eigenvalue weighted by Gasteiger charge is -2.56. The summed E-state index contributed by atoms with van der Waals surface area (Å²) in [6, 6.07) is 7.24. The van der Waals surface area contributed by atoms with Crippen LogP contribution >= 0.6 is 0 Å². The van der Waals surface area contributed by atoms with E-state index in [9.17, 15) is 27.9 Å². The van der Waals surface area contributed by atoms with Gasteiger partial charge in [0.2, 0.25) is 0 Å². The molecule has 4 aliphatic carbocycles. The summed E-state index contributed by atoms with van der Waals surface area (Å²) in [5.41, 5.74) is -0.484. The zero-order valence-electron chi connectivity index (χ0n) is 24.5. The molecule has 5 rings (SSSR count). The monoisotopic (exact) mass is 594 g/mol. The number of ether oxygens (including phenoxy) is 1. The lowest BCUT2D eigenvalue weighted by atomic mass is 9.50. The van der Waals surface area contributed by atoms with Crippen molar-refractivity contribution in [3.8, 4) is 0 Å². The zero-order chi connectivity index (χ0) is 30.8. The lowest BCUT2D eigenvalue weighted by molar-refractivity contribution is -0.362. The van der Waals surface area contributed by atoms with E-state index in [1.807, 2.05) is 26.0 Å². The first kappa shape index (κ1) is 30.9. The fraction of sp³-hybridized carbons (Fsp3) is 0.636. The number of halogens is 5. The minimum absolute atomic E-state index is 0.0374. The molecule has 1 aromatic rings. The number of ketones is 1. The summed E-state index contributed by atoms with van der Waals surface area (Å²) >= 11 is 0. The van der Waals surface area contributed by atoms with E-state index in [-0.39, 0.29) is 42.9 Å². The Labute approximate surface area is 243 Å². The Kier molecular flexibility index (Phi) is 7.77. The number of carbonyl (C=O) groups excluding carboxylic acids is 2. The number of allylic oxidation sites excluding steroid dienone is 4. The molecule has 0 aromatic heterocycles. The van der Waals surface area contributed by atoms with Gasteiger partial charge in [0.1, 0.15) is 11.7 Å². The third-order valence-corrected chi connectivity index (χ3v) is 10.5. The van der Waals surface area contributed by atoms with Gasteiger partial charge in [0.05, 0.1) is 0 Å². The van der Waals surface area contributed by atoms with E-state index in [0.29, 0.717) is 25.7 Å². The highest BCUT2D eigenvalue weighted by Gasteiger charge is 2.79. The number of alkyl halides is 5. The molecule has 4 nitrogen and oxygen atoms in total. The van der Waals surface area contributed by atoms with E-state index >= 15 is 8.78 Å². The Bertz CT molecular complexity index is 1310. The summed E-state index contributed by atoms with van der Waals surface area (Å²) in [5.74, 6) is -6.73. The second kappa shape index (κ2) is 10.6. The van der Waals surface area contributed by atoms with Gasteiger partial charge in [0, 0.05) is 24.2 Å². The quantitative estimate of drug-likeness (QED) is 0.267. The molecule has 0 amide bonds. The van der Waals surface area contributed by atoms with Gasteiger partial charge in [-0.2, -0.15) is 22.0 Å². The number of carbonyl (C=O) groups is 2. The SMILES string of the molecule is CC(C)CC(=O)OC(C)c1ccc([C@H]2C[C@@]3(C)C(CC[C@@]3(O)C(F)(F)C(F)(F)F)C3CCC4=CC(=O)CCC4=C32)cc1. The first-order valence-electron chi connectivity index (χ1n) is 14.9. The topological polar surface area (TPSA) is 63.6 Å². The Hall–Kier alpha value is -2.55. The molecule has 0 saturated heterocycles. The maximum atomic E-state index is 15.2. The number of hydrogen-bond donors (Lipinski definition) is 1. The average Bonchev–Trinajstić information content (AvgIpc) is 3.18. The number of esters is 1. The predicted molar refractivity (Wildman–Crippen MR) is 147 cm³/mol. The smallest absolute Gasteiger partial charge is 0.456 e. The molecule has 0 radical (unpaired) electrons. The number of rotatable bonds is 6. The van der Waals surface area contributed by atoms with Crippen LogP contribution in [-0.4, -0.2) is 34.6 Å². The average molecular weight is 595 g/mol. The largest absolute Gasteiger partial charge is 0.458 e. The van der Waals surface area contributed by atoms with E-state index in [1.165, 1.54) is 6.92 Å². The van der Waals surface area contributed by atoms with Gasteiger partial charge in [-0.25, -0.2) is 0 Å². The highest BCUT2D eigenvalue weighted by molar-refractivity contribution is 5.93. The van der Waals surface area contributed by atoms with Gasteiger partial charge in [-0.1, -0.05) is 50.6 Å². The molecule has 1 N–H and O–H groups in total. The van der Waals surface area contributed by atoms with Gasteiger partial charge in [-0.15, -0.1) is 0 Å². The van der Waals surface area contributed by atoms with Gasteiger partial charge in [-0.05, 0) is 91.6 Å². The second-order valence-electron chi connectivity index (χ2n) is 13.4. The van der Waals surface area contributed by atoms with Crippen LogP contribution in [0.2, 0.25) is 0 Å². The van der Waals surface area contributed by atoms with Crippen molar-refractivity contribution in [1.82, 2.24) is 0 Å². The van der Waals surface area contributed by atoms with Crippen LogP contribution in [0, 0.1) is 23.2 Å². The van der Waals surface area contributed by atoms with Crippen LogP contribution in [0.1, 0.15) is 102 Å². The molecular weight excluding hydrogens is 555 g/mol. The van der Waals surface area contributed by atoms with Crippen molar-refractivity contribution < 1.29 is 41.4 Å². The summed E-state index contributed by atoms with van der Waals surface area (Å²) in [7, 11) is 0. The van der Waals surface area contributed by atoms with Gasteiger partial charge >= 0.3 is 18.1 Å². The molecular formula is C33H39F5O4. The molecule has 4 aliphatic rings. The van der Waals surface area contributed by atoms with Crippen LogP contribution in [0.5, 0.6) is 0 Å². The predicted octanol–water partition coefficient (Wildman–Crippen LogP) is 8.17. The van der Waals surface area contributed by atoms with Crippen molar-refractivity contribution in [3.63, 3.8) is 0 Å². The van der Waals surface area contributed by atoms with Crippen LogP contribution in [0.3, 0.4) is 0 Å². The summed E-state index contributed by atoms with van der Waals surface area (Å²) in [6.07, 6.45) is -3.16. The van der Waals surface area contributed by atoms with Crippen LogP contribution < -0.4 is 0 Å². The van der Waals surface area contributed by atoms with E-state index in [1.54, 1.807) is 25.1 Å². The van der Waals surface area contributed by atoms with E-state index in [2.05, 4.69) is 0 Å². The Morgan fingerprint density at radius 3 is 2.33 bits per heavy atom. The van der Waals surface area contributed by atoms with Crippen molar-refractivity contribution in [2.24, 2.45) is 23.2 Å². The van der Waals surface area contributed by atoms with Gasteiger partial charge in [0.15, 0.2) is 5.78 Å². The summed E-state index contributed by atoms with van der Waals surface area (Å²) in [6.45, 7) is 7.01. The third-order valence-electron chi connectivity index (χ3n) is 10.5. The van der Waals surface area contributed by atoms with Crippen LogP contribution in [0.4, 0.5) is 22.0 Å².